The summed E-state index contributed by atoms with van der Waals surface area (Å²) in [5.41, 5.74) is -5.26. The van der Waals surface area contributed by atoms with Gasteiger partial charge in [-0.1, -0.05) is 28.1 Å². The minimum atomic E-state index is -6.12. The molecule has 0 radical (unpaired) electrons. The lowest BCUT2D eigenvalue weighted by Crippen LogP contribution is -2.29. The van der Waals surface area contributed by atoms with Crippen molar-refractivity contribution in [3.63, 3.8) is 0 Å². The molecule has 0 spiro atoms. The second kappa shape index (κ2) is 9.40. The Morgan fingerprint density at radius 3 is 2.54 bits per heavy atom. The first kappa shape index (κ1) is 25.4. The number of fused-ring (bicyclic) bond motifs is 1. The van der Waals surface area contributed by atoms with Crippen LogP contribution in [0.2, 0.25) is 0 Å². The SMILES string of the molecule is Cc1cn2nc(-c3cccc(Br)c3)cc2c(OS(=O)(=O)C(F)(F)F)c1C(=O)C(C#N)=S1CCCC1. The van der Waals surface area contributed by atoms with E-state index < -0.39 is 43.2 Å². The van der Waals surface area contributed by atoms with E-state index in [1.807, 2.05) is 6.07 Å². The normalized spacial score (nSPS) is 14.7. The summed E-state index contributed by atoms with van der Waals surface area (Å²) < 4.78 is 70.2. The summed E-state index contributed by atoms with van der Waals surface area (Å²) in [6.07, 6.45) is 3.04. The van der Waals surface area contributed by atoms with Crippen LogP contribution in [-0.4, -0.2) is 45.7 Å². The van der Waals surface area contributed by atoms with Crippen LogP contribution in [0.4, 0.5) is 13.2 Å². The van der Waals surface area contributed by atoms with E-state index in [1.165, 1.54) is 19.2 Å². The number of hydrogen-bond acceptors (Lipinski definition) is 6. The monoisotopic (exact) mass is 587 g/mol. The lowest BCUT2D eigenvalue weighted by atomic mass is 10.0. The first-order chi connectivity index (χ1) is 16.4. The number of nitrogens with zero attached hydrogens (tertiary/aromatic N) is 3. The predicted octanol–water partition coefficient (Wildman–Crippen LogP) is 5.24. The molecule has 0 N–H and O–H groups in total. The molecule has 1 aliphatic rings. The van der Waals surface area contributed by atoms with Crippen molar-refractivity contribution in [3.05, 3.63) is 52.1 Å². The molecule has 13 heteroatoms. The van der Waals surface area contributed by atoms with Gasteiger partial charge in [-0.2, -0.15) is 42.4 Å². The average Bonchev–Trinajstić information content (AvgIpc) is 3.43. The number of carbonyl (C=O) groups excluding carboxylic acids is 1. The minimum absolute atomic E-state index is 0.101. The predicted molar refractivity (Wildman–Crippen MR) is 130 cm³/mol. The van der Waals surface area contributed by atoms with Crippen molar-refractivity contribution in [2.45, 2.75) is 25.3 Å². The Hall–Kier alpha value is -2.69. The number of halogens is 4. The number of carbonyl (C=O) groups is 1. The first-order valence-corrected chi connectivity index (χ1v) is 14.0. The zero-order valence-corrected chi connectivity index (χ0v) is 21.3. The maximum Gasteiger partial charge on any atom is 0.534 e. The maximum atomic E-state index is 13.5. The Morgan fingerprint density at radius 2 is 1.94 bits per heavy atom. The van der Waals surface area contributed by atoms with E-state index in [0.717, 1.165) is 21.8 Å². The van der Waals surface area contributed by atoms with E-state index in [1.54, 1.807) is 24.3 Å². The third-order valence-electron chi connectivity index (χ3n) is 5.36. The van der Waals surface area contributed by atoms with Crippen molar-refractivity contribution in [2.24, 2.45) is 0 Å². The summed E-state index contributed by atoms with van der Waals surface area (Å²) in [5, 5.41) is 14.0. The highest BCUT2D eigenvalue weighted by molar-refractivity contribution is 9.10. The highest BCUT2D eigenvalue weighted by Gasteiger charge is 2.49. The number of aromatic nitrogens is 2. The van der Waals surface area contributed by atoms with Gasteiger partial charge in [0, 0.05) is 16.2 Å². The van der Waals surface area contributed by atoms with E-state index in [9.17, 15) is 31.6 Å². The Morgan fingerprint density at radius 1 is 1.26 bits per heavy atom. The molecule has 35 heavy (non-hydrogen) atoms. The molecular formula is C22H17BrF3N3O4S2. The van der Waals surface area contributed by atoms with Crippen LogP contribution >= 0.6 is 26.4 Å². The number of Topliss-reactive ketones (excluding diaryl/α,β-unsaturated/α-hetero) is 1. The van der Waals surface area contributed by atoms with E-state index >= 15 is 0 Å². The number of pyridine rings is 1. The summed E-state index contributed by atoms with van der Waals surface area (Å²) in [7, 11) is -6.78. The fourth-order valence-electron chi connectivity index (χ4n) is 3.75. The van der Waals surface area contributed by atoms with Gasteiger partial charge in [0.05, 0.1) is 11.3 Å². The largest absolute Gasteiger partial charge is 0.534 e. The summed E-state index contributed by atoms with van der Waals surface area (Å²) in [5.74, 6) is -0.411. The van der Waals surface area contributed by atoms with Crippen molar-refractivity contribution in [1.82, 2.24) is 9.61 Å². The van der Waals surface area contributed by atoms with Gasteiger partial charge in [0.1, 0.15) is 16.5 Å². The fourth-order valence-corrected chi connectivity index (χ4v) is 6.84. The van der Waals surface area contributed by atoms with Gasteiger partial charge in [-0.15, -0.1) is 0 Å². The summed E-state index contributed by atoms with van der Waals surface area (Å²) >= 11 is 3.34. The molecule has 0 amide bonds. The minimum Gasteiger partial charge on any atom is -0.373 e. The number of rotatable bonds is 5. The molecule has 1 aromatic carbocycles. The Bertz CT molecular complexity index is 1530. The van der Waals surface area contributed by atoms with Crippen LogP contribution in [0.1, 0.15) is 28.8 Å². The second-order valence-corrected chi connectivity index (χ2v) is 12.4. The number of ketones is 1. The highest BCUT2D eigenvalue weighted by Crippen LogP contribution is 2.37. The van der Waals surface area contributed by atoms with E-state index in [-0.39, 0.29) is 15.9 Å². The van der Waals surface area contributed by atoms with Crippen LogP contribution in [0.15, 0.2) is 41.0 Å². The number of nitriles is 1. The number of hydrogen-bond donors (Lipinski definition) is 0. The lowest BCUT2D eigenvalue weighted by molar-refractivity contribution is -0.0499. The molecule has 0 saturated carbocycles. The van der Waals surface area contributed by atoms with Crippen LogP contribution in [0, 0.1) is 18.3 Å². The van der Waals surface area contributed by atoms with E-state index in [0.29, 0.717) is 22.8 Å². The van der Waals surface area contributed by atoms with Crippen LogP contribution in [-0.2, 0) is 10.1 Å². The van der Waals surface area contributed by atoms with Crippen molar-refractivity contribution < 1.29 is 30.6 Å². The second-order valence-electron chi connectivity index (χ2n) is 7.75. The molecule has 0 unspecified atom stereocenters. The smallest absolute Gasteiger partial charge is 0.373 e. The molecule has 0 bridgehead atoms. The Balaban J connectivity index is 2.00. The Labute approximate surface area is 209 Å². The van der Waals surface area contributed by atoms with Crippen molar-refractivity contribution >= 4 is 52.7 Å². The summed E-state index contributed by atoms with van der Waals surface area (Å²) in [6, 6.07) is 10.2. The molecular weight excluding hydrogens is 571 g/mol. The molecule has 0 aliphatic carbocycles. The Kier molecular flexibility index (Phi) is 6.82. The molecule has 1 aliphatic heterocycles. The number of benzene rings is 1. The zero-order chi connectivity index (χ0) is 25.5. The van der Waals surface area contributed by atoms with E-state index in [4.69, 9.17) is 0 Å². The molecule has 3 heterocycles. The molecule has 2 aromatic heterocycles. The van der Waals surface area contributed by atoms with Crippen molar-refractivity contribution in [3.8, 4) is 23.1 Å². The molecule has 0 atom stereocenters. The van der Waals surface area contributed by atoms with Gasteiger partial charge in [0.2, 0.25) is 5.78 Å². The van der Waals surface area contributed by atoms with Gasteiger partial charge >= 0.3 is 15.6 Å². The van der Waals surface area contributed by atoms with Crippen molar-refractivity contribution in [1.29, 1.82) is 5.26 Å². The summed E-state index contributed by atoms with van der Waals surface area (Å²) in [4.78, 5) is 13.4. The van der Waals surface area contributed by atoms with Crippen LogP contribution in [0.3, 0.4) is 0 Å². The van der Waals surface area contributed by atoms with Gasteiger partial charge in [0.15, 0.2) is 5.75 Å². The third-order valence-corrected chi connectivity index (χ3v) is 9.22. The fraction of sp³-hybridized carbons (Fsp3) is 0.273. The molecule has 3 aromatic rings. The van der Waals surface area contributed by atoms with Gasteiger partial charge in [0.25, 0.3) is 0 Å². The lowest BCUT2D eigenvalue weighted by Gasteiger charge is -2.16. The maximum absolute atomic E-state index is 13.5. The quantitative estimate of drug-likeness (QED) is 0.175. The number of alkyl halides is 3. The first-order valence-electron chi connectivity index (χ1n) is 10.2. The number of aryl methyl sites for hydroxylation is 1. The van der Waals surface area contributed by atoms with Crippen LogP contribution in [0.5, 0.6) is 5.75 Å². The van der Waals surface area contributed by atoms with Crippen LogP contribution in [0.25, 0.3) is 16.8 Å². The van der Waals surface area contributed by atoms with Gasteiger partial charge < -0.3 is 4.18 Å². The molecule has 184 valence electrons. The molecule has 7 nitrogen and oxygen atoms in total. The van der Waals surface area contributed by atoms with Gasteiger partial charge in [-0.25, -0.2) is 4.52 Å². The molecule has 1 fully saturated rings. The topological polar surface area (TPSA) is 102 Å². The molecule has 1 saturated heterocycles. The standard InChI is InChI=1S/C22H17BrF3N3O4S2/c1-13-12-29-17(10-16(28-29)14-5-4-6-15(23)9-14)21(33-35(31,32)22(24,25)26)19(13)20(30)18(11-27)34-7-2-3-8-34/h4-6,9-10,12H,2-3,7-8H2,1H3. The van der Waals surface area contributed by atoms with Crippen molar-refractivity contribution in [2.75, 3.05) is 11.5 Å². The van der Waals surface area contributed by atoms with Crippen LogP contribution < -0.4 is 4.18 Å². The zero-order valence-electron chi connectivity index (χ0n) is 18.1. The third kappa shape index (κ3) is 4.87. The van der Waals surface area contributed by atoms with Gasteiger partial charge in [-0.05, 0) is 55.0 Å². The molecule has 4 rings (SSSR count). The highest BCUT2D eigenvalue weighted by atomic mass is 79.9. The average molecular weight is 588 g/mol. The summed E-state index contributed by atoms with van der Waals surface area (Å²) in [6.45, 7) is 1.42. The van der Waals surface area contributed by atoms with Gasteiger partial charge in [-0.3, -0.25) is 4.79 Å². The van der Waals surface area contributed by atoms with E-state index in [2.05, 4.69) is 25.2 Å².